The van der Waals surface area contributed by atoms with Gasteiger partial charge < -0.3 is 15.2 Å². The number of ether oxygens (including phenoxy) is 2. The number of hydrogen-bond acceptors (Lipinski definition) is 8. The lowest BCUT2D eigenvalue weighted by atomic mass is 10.2. The molecule has 0 unspecified atom stereocenters. The molecular formula is C19H19N5O3S. The van der Waals surface area contributed by atoms with Gasteiger partial charge in [0.1, 0.15) is 29.7 Å². The number of benzene rings is 2. The number of carbonyl (C=O) groups excluding carboxylic acids is 1. The van der Waals surface area contributed by atoms with E-state index in [-0.39, 0.29) is 12.3 Å². The zero-order valence-corrected chi connectivity index (χ0v) is 15.8. The van der Waals surface area contributed by atoms with Gasteiger partial charge >= 0.3 is 0 Å². The standard InChI is InChI=1S/C19H19N5O3S/c20-19-24-23-18(28-19)12-17(25)22-21-13-14-6-8-16(9-7-14)27-11-10-26-15-4-2-1-3-5-15/h1-9,13H,10-12H2,(H2,20,24)(H,22,25). The smallest absolute Gasteiger partial charge is 0.247 e. The Morgan fingerprint density at radius 3 is 2.36 bits per heavy atom. The van der Waals surface area contributed by atoms with Crippen LogP contribution >= 0.6 is 11.3 Å². The number of rotatable bonds is 9. The Bertz CT molecular complexity index is 913. The van der Waals surface area contributed by atoms with E-state index in [1.54, 1.807) is 6.21 Å². The van der Waals surface area contributed by atoms with Crippen LogP contribution in [-0.2, 0) is 11.2 Å². The van der Waals surface area contributed by atoms with Gasteiger partial charge in [-0.2, -0.15) is 5.10 Å². The number of nitrogen functional groups attached to an aromatic ring is 1. The maximum Gasteiger partial charge on any atom is 0.247 e. The van der Waals surface area contributed by atoms with E-state index < -0.39 is 0 Å². The van der Waals surface area contributed by atoms with Crippen molar-refractivity contribution in [2.24, 2.45) is 5.10 Å². The van der Waals surface area contributed by atoms with Crippen molar-refractivity contribution in [3.63, 3.8) is 0 Å². The summed E-state index contributed by atoms with van der Waals surface area (Å²) >= 11 is 1.17. The van der Waals surface area contributed by atoms with Gasteiger partial charge in [0.2, 0.25) is 11.0 Å². The van der Waals surface area contributed by atoms with Crippen LogP contribution in [0.5, 0.6) is 11.5 Å². The second-order valence-corrected chi connectivity index (χ2v) is 6.68. The molecular weight excluding hydrogens is 378 g/mol. The molecule has 1 aromatic heterocycles. The van der Waals surface area contributed by atoms with E-state index in [4.69, 9.17) is 15.2 Å². The van der Waals surface area contributed by atoms with Gasteiger partial charge in [0.05, 0.1) is 12.6 Å². The number of hydrazone groups is 1. The van der Waals surface area contributed by atoms with Crippen LogP contribution in [0.3, 0.4) is 0 Å². The topological polar surface area (TPSA) is 112 Å². The highest BCUT2D eigenvalue weighted by Gasteiger charge is 2.07. The first-order valence-corrected chi connectivity index (χ1v) is 9.31. The molecule has 0 aliphatic carbocycles. The minimum Gasteiger partial charge on any atom is -0.490 e. The SMILES string of the molecule is Nc1nnc(CC(=O)NN=Cc2ccc(OCCOc3ccccc3)cc2)s1. The van der Waals surface area contributed by atoms with Crippen LogP contribution in [0.2, 0.25) is 0 Å². The van der Waals surface area contributed by atoms with Gasteiger partial charge in [-0.3, -0.25) is 4.79 Å². The Labute approximate surface area is 166 Å². The number of amides is 1. The summed E-state index contributed by atoms with van der Waals surface area (Å²) in [6.07, 6.45) is 1.64. The summed E-state index contributed by atoms with van der Waals surface area (Å²) in [6.45, 7) is 0.897. The highest BCUT2D eigenvalue weighted by Crippen LogP contribution is 2.13. The van der Waals surface area contributed by atoms with Crippen LogP contribution < -0.4 is 20.6 Å². The summed E-state index contributed by atoms with van der Waals surface area (Å²) in [5.74, 6) is 1.26. The third-order valence-electron chi connectivity index (χ3n) is 3.44. The van der Waals surface area contributed by atoms with E-state index in [9.17, 15) is 4.79 Å². The Morgan fingerprint density at radius 1 is 1.04 bits per heavy atom. The average Bonchev–Trinajstić information content (AvgIpc) is 3.12. The molecule has 3 rings (SSSR count). The molecule has 0 saturated heterocycles. The largest absolute Gasteiger partial charge is 0.490 e. The Morgan fingerprint density at radius 2 is 1.71 bits per heavy atom. The summed E-state index contributed by atoms with van der Waals surface area (Å²) in [6, 6.07) is 16.9. The van der Waals surface area contributed by atoms with Crippen LogP contribution in [-0.4, -0.2) is 35.5 Å². The monoisotopic (exact) mass is 397 g/mol. The number of anilines is 1. The Kier molecular flexibility index (Phi) is 6.91. The molecule has 2 aromatic carbocycles. The molecule has 3 N–H and O–H groups in total. The van der Waals surface area contributed by atoms with Crippen LogP contribution in [0.15, 0.2) is 59.7 Å². The van der Waals surface area contributed by atoms with E-state index in [1.807, 2.05) is 54.6 Å². The van der Waals surface area contributed by atoms with Crippen molar-refractivity contribution in [3.05, 3.63) is 65.2 Å². The lowest BCUT2D eigenvalue weighted by Gasteiger charge is -2.08. The quantitative estimate of drug-likeness (QED) is 0.325. The number of para-hydroxylation sites is 1. The Balaban J connectivity index is 1.37. The molecule has 3 aromatic rings. The van der Waals surface area contributed by atoms with E-state index in [0.29, 0.717) is 23.4 Å². The van der Waals surface area contributed by atoms with Crippen LogP contribution in [0.25, 0.3) is 0 Å². The second-order valence-electron chi connectivity index (χ2n) is 5.58. The number of hydrogen-bond donors (Lipinski definition) is 2. The summed E-state index contributed by atoms with van der Waals surface area (Å²) in [5.41, 5.74) is 8.74. The van der Waals surface area contributed by atoms with Gasteiger partial charge in [0.15, 0.2) is 0 Å². The van der Waals surface area contributed by atoms with E-state index in [1.165, 1.54) is 11.3 Å². The third-order valence-corrected chi connectivity index (χ3v) is 4.19. The third kappa shape index (κ3) is 6.36. The van der Waals surface area contributed by atoms with Crippen molar-refractivity contribution < 1.29 is 14.3 Å². The highest BCUT2D eigenvalue weighted by atomic mass is 32.1. The fourth-order valence-corrected chi connectivity index (χ4v) is 2.79. The van der Waals surface area contributed by atoms with Crippen molar-refractivity contribution >= 4 is 28.6 Å². The molecule has 0 atom stereocenters. The molecule has 1 amide bonds. The van der Waals surface area contributed by atoms with E-state index >= 15 is 0 Å². The fraction of sp³-hybridized carbons (Fsp3) is 0.158. The van der Waals surface area contributed by atoms with Crippen molar-refractivity contribution in [2.45, 2.75) is 6.42 Å². The minimum absolute atomic E-state index is 0.0873. The van der Waals surface area contributed by atoms with Gasteiger partial charge in [0.25, 0.3) is 0 Å². The van der Waals surface area contributed by atoms with Gasteiger partial charge in [0, 0.05) is 0 Å². The van der Waals surface area contributed by atoms with Crippen LogP contribution in [0.4, 0.5) is 5.13 Å². The number of nitrogens with zero attached hydrogens (tertiary/aromatic N) is 3. The summed E-state index contributed by atoms with van der Waals surface area (Å²) < 4.78 is 11.2. The lowest BCUT2D eigenvalue weighted by molar-refractivity contribution is -0.120. The zero-order chi connectivity index (χ0) is 19.6. The molecule has 9 heteroatoms. The van der Waals surface area contributed by atoms with Crippen LogP contribution in [0, 0.1) is 0 Å². The molecule has 1 heterocycles. The summed E-state index contributed by atoms with van der Waals surface area (Å²) in [5, 5.41) is 12.2. The molecule has 0 fully saturated rings. The van der Waals surface area contributed by atoms with Gasteiger partial charge in [-0.25, -0.2) is 5.43 Å². The number of nitrogens with one attached hydrogen (secondary N) is 1. The molecule has 0 aliphatic rings. The van der Waals surface area contributed by atoms with Crippen molar-refractivity contribution in [1.29, 1.82) is 0 Å². The first-order chi connectivity index (χ1) is 13.7. The number of carbonyl (C=O) groups is 1. The van der Waals surface area contributed by atoms with Crippen molar-refractivity contribution in [1.82, 2.24) is 15.6 Å². The van der Waals surface area contributed by atoms with E-state index in [2.05, 4.69) is 20.7 Å². The van der Waals surface area contributed by atoms with Crippen molar-refractivity contribution in [3.8, 4) is 11.5 Å². The number of aromatic nitrogens is 2. The Hall–Kier alpha value is -3.46. The second kappa shape index (κ2) is 10.0. The minimum atomic E-state index is -0.286. The zero-order valence-electron chi connectivity index (χ0n) is 14.9. The summed E-state index contributed by atoms with van der Waals surface area (Å²) in [7, 11) is 0. The predicted octanol–water partition coefficient (Wildman–Crippen LogP) is 2.27. The molecule has 28 heavy (non-hydrogen) atoms. The van der Waals surface area contributed by atoms with Crippen molar-refractivity contribution in [2.75, 3.05) is 18.9 Å². The lowest BCUT2D eigenvalue weighted by Crippen LogP contribution is -2.19. The highest BCUT2D eigenvalue weighted by molar-refractivity contribution is 7.15. The predicted molar refractivity (Wildman–Crippen MR) is 108 cm³/mol. The van der Waals surface area contributed by atoms with Gasteiger partial charge in [-0.15, -0.1) is 10.2 Å². The van der Waals surface area contributed by atoms with Gasteiger partial charge in [-0.1, -0.05) is 29.5 Å². The van der Waals surface area contributed by atoms with Gasteiger partial charge in [-0.05, 0) is 42.0 Å². The molecule has 8 nitrogen and oxygen atoms in total. The molecule has 0 aliphatic heterocycles. The first-order valence-electron chi connectivity index (χ1n) is 8.49. The fourth-order valence-electron chi connectivity index (χ4n) is 2.18. The molecule has 0 radical (unpaired) electrons. The molecule has 0 spiro atoms. The first kappa shape index (κ1) is 19.3. The van der Waals surface area contributed by atoms with E-state index in [0.717, 1.165) is 17.1 Å². The maximum absolute atomic E-state index is 11.8. The maximum atomic E-state index is 11.8. The molecule has 144 valence electrons. The number of nitrogens with two attached hydrogens (primary N) is 1. The molecule has 0 saturated carbocycles. The summed E-state index contributed by atoms with van der Waals surface area (Å²) in [4.78, 5) is 11.8. The normalized spacial score (nSPS) is 10.7. The molecule has 0 bridgehead atoms. The van der Waals surface area contributed by atoms with Crippen LogP contribution in [0.1, 0.15) is 10.6 Å². The average molecular weight is 397 g/mol.